The second kappa shape index (κ2) is 4.75. The topological polar surface area (TPSA) is 79.2 Å². The van der Waals surface area contributed by atoms with Crippen molar-refractivity contribution in [3.05, 3.63) is 58.5 Å². The first-order chi connectivity index (χ1) is 8.58. The molecular formula is C13H13N3O2. The number of pyridine rings is 1. The molecule has 0 spiro atoms. The van der Waals surface area contributed by atoms with Crippen molar-refractivity contribution in [1.29, 1.82) is 0 Å². The largest absolute Gasteiger partial charge is 0.399 e. The van der Waals surface area contributed by atoms with Gasteiger partial charge in [-0.05, 0) is 30.3 Å². The van der Waals surface area contributed by atoms with Crippen molar-refractivity contribution in [2.45, 2.75) is 0 Å². The van der Waals surface area contributed by atoms with Crippen LogP contribution < -0.4 is 16.2 Å². The lowest BCUT2D eigenvalue weighted by atomic mass is 10.2. The van der Waals surface area contributed by atoms with E-state index in [2.05, 4.69) is 4.98 Å². The zero-order valence-corrected chi connectivity index (χ0v) is 9.88. The molecule has 2 aromatic rings. The molecule has 1 aromatic heterocycles. The molecule has 0 fully saturated rings. The maximum Gasteiger partial charge on any atom is 0.259 e. The van der Waals surface area contributed by atoms with Crippen LogP contribution in [0.15, 0.2) is 47.4 Å². The first-order valence-corrected chi connectivity index (χ1v) is 5.40. The Morgan fingerprint density at radius 1 is 1.17 bits per heavy atom. The number of hydrogen-bond donors (Lipinski definition) is 2. The second-order valence-corrected chi connectivity index (χ2v) is 3.90. The lowest BCUT2D eigenvalue weighted by Crippen LogP contribution is -2.26. The van der Waals surface area contributed by atoms with Crippen molar-refractivity contribution >= 4 is 17.3 Å². The lowest BCUT2D eigenvalue weighted by molar-refractivity contribution is 0.0992. The summed E-state index contributed by atoms with van der Waals surface area (Å²) in [4.78, 5) is 27.0. The molecule has 92 valence electrons. The van der Waals surface area contributed by atoms with E-state index in [4.69, 9.17) is 5.73 Å². The lowest BCUT2D eigenvalue weighted by Gasteiger charge is -2.17. The van der Waals surface area contributed by atoms with Gasteiger partial charge in [0.1, 0.15) is 0 Å². The summed E-state index contributed by atoms with van der Waals surface area (Å²) >= 11 is 0. The van der Waals surface area contributed by atoms with Gasteiger partial charge in [-0.3, -0.25) is 9.59 Å². The van der Waals surface area contributed by atoms with Crippen LogP contribution in [-0.2, 0) is 0 Å². The fourth-order valence-electron chi connectivity index (χ4n) is 1.55. The van der Waals surface area contributed by atoms with Crippen LogP contribution in [0.5, 0.6) is 0 Å². The third-order valence-electron chi connectivity index (χ3n) is 2.62. The molecule has 0 aliphatic rings. The Morgan fingerprint density at radius 3 is 2.39 bits per heavy atom. The van der Waals surface area contributed by atoms with Crippen LogP contribution in [0.4, 0.5) is 11.4 Å². The number of nitrogens with two attached hydrogens (primary N) is 1. The molecule has 5 nitrogen and oxygen atoms in total. The zero-order valence-electron chi connectivity index (χ0n) is 9.88. The van der Waals surface area contributed by atoms with E-state index in [-0.39, 0.29) is 11.5 Å². The van der Waals surface area contributed by atoms with Crippen LogP contribution in [0.2, 0.25) is 0 Å². The number of anilines is 2. The van der Waals surface area contributed by atoms with Crippen molar-refractivity contribution in [2.24, 2.45) is 0 Å². The Balaban J connectivity index is 2.25. The molecule has 0 radical (unpaired) electrons. The van der Waals surface area contributed by atoms with E-state index in [9.17, 15) is 9.59 Å². The molecule has 0 atom stereocenters. The Hall–Kier alpha value is -2.56. The molecule has 1 aromatic carbocycles. The minimum atomic E-state index is -0.235. The third kappa shape index (κ3) is 2.40. The number of aromatic amines is 1. The normalized spacial score (nSPS) is 10.1. The summed E-state index contributed by atoms with van der Waals surface area (Å²) in [5, 5.41) is 0. The predicted octanol–water partition coefficient (Wildman–Crippen LogP) is 1.23. The number of aromatic nitrogens is 1. The first kappa shape index (κ1) is 11.9. The van der Waals surface area contributed by atoms with Crippen LogP contribution in [0.3, 0.4) is 0 Å². The average Bonchev–Trinajstić information content (AvgIpc) is 2.39. The molecule has 0 bridgehead atoms. The fraction of sp³-hybridized carbons (Fsp3) is 0.0769. The Bertz CT molecular complexity index is 596. The molecule has 2 rings (SSSR count). The monoisotopic (exact) mass is 243 g/mol. The van der Waals surface area contributed by atoms with Crippen LogP contribution in [0.1, 0.15) is 10.4 Å². The van der Waals surface area contributed by atoms with E-state index in [1.807, 2.05) is 0 Å². The number of nitrogens with zero attached hydrogens (tertiary/aromatic N) is 1. The van der Waals surface area contributed by atoms with E-state index < -0.39 is 0 Å². The molecule has 0 aliphatic carbocycles. The third-order valence-corrected chi connectivity index (χ3v) is 2.62. The highest BCUT2D eigenvalue weighted by molar-refractivity contribution is 6.05. The maximum atomic E-state index is 12.1. The van der Waals surface area contributed by atoms with E-state index in [0.717, 1.165) is 5.69 Å². The van der Waals surface area contributed by atoms with Crippen molar-refractivity contribution in [3.63, 3.8) is 0 Å². The van der Waals surface area contributed by atoms with Gasteiger partial charge >= 0.3 is 0 Å². The highest BCUT2D eigenvalue weighted by Crippen LogP contribution is 2.16. The summed E-state index contributed by atoms with van der Waals surface area (Å²) in [5.41, 5.74) is 7.16. The summed E-state index contributed by atoms with van der Waals surface area (Å²) in [6, 6.07) is 9.80. The summed E-state index contributed by atoms with van der Waals surface area (Å²) in [6.45, 7) is 0. The minimum absolute atomic E-state index is 0.198. The van der Waals surface area contributed by atoms with Gasteiger partial charge in [0, 0.05) is 30.7 Å². The van der Waals surface area contributed by atoms with E-state index in [1.54, 1.807) is 31.3 Å². The van der Waals surface area contributed by atoms with Gasteiger partial charge in [0.2, 0.25) is 5.56 Å². The number of carbonyl (C=O) groups excluding carboxylic acids is 1. The standard InChI is InChI=1S/C13H13N3O2/c1-16(11-5-3-10(14)4-6-11)13(18)9-2-7-12(17)15-8-9/h2-8H,14H2,1H3,(H,15,17). The fourth-order valence-corrected chi connectivity index (χ4v) is 1.55. The highest BCUT2D eigenvalue weighted by atomic mass is 16.2. The number of benzene rings is 1. The minimum Gasteiger partial charge on any atom is -0.399 e. The van der Waals surface area contributed by atoms with Gasteiger partial charge in [-0.2, -0.15) is 0 Å². The van der Waals surface area contributed by atoms with Gasteiger partial charge in [-0.25, -0.2) is 0 Å². The number of rotatable bonds is 2. The smallest absolute Gasteiger partial charge is 0.259 e. The number of nitrogen functional groups attached to an aromatic ring is 1. The van der Waals surface area contributed by atoms with Gasteiger partial charge < -0.3 is 15.6 Å². The average molecular weight is 243 g/mol. The van der Waals surface area contributed by atoms with Crippen LogP contribution in [-0.4, -0.2) is 17.9 Å². The summed E-state index contributed by atoms with van der Waals surface area (Å²) in [5.74, 6) is -0.198. The van der Waals surface area contributed by atoms with Crippen molar-refractivity contribution in [3.8, 4) is 0 Å². The van der Waals surface area contributed by atoms with E-state index >= 15 is 0 Å². The molecule has 1 amide bonds. The molecule has 3 N–H and O–H groups in total. The highest BCUT2D eigenvalue weighted by Gasteiger charge is 2.13. The van der Waals surface area contributed by atoms with Crippen molar-refractivity contribution in [1.82, 2.24) is 4.98 Å². The van der Waals surface area contributed by atoms with Crippen LogP contribution in [0.25, 0.3) is 0 Å². The Morgan fingerprint density at radius 2 is 1.83 bits per heavy atom. The summed E-state index contributed by atoms with van der Waals surface area (Å²) in [6.07, 6.45) is 1.40. The molecular weight excluding hydrogens is 230 g/mol. The van der Waals surface area contributed by atoms with Gasteiger partial charge in [-0.1, -0.05) is 0 Å². The number of H-pyrrole nitrogens is 1. The molecule has 18 heavy (non-hydrogen) atoms. The SMILES string of the molecule is CN(C(=O)c1ccc(=O)[nH]c1)c1ccc(N)cc1. The van der Waals surface area contributed by atoms with Gasteiger partial charge in [0.05, 0.1) is 5.56 Å². The summed E-state index contributed by atoms with van der Waals surface area (Å²) in [7, 11) is 1.67. The number of hydrogen-bond acceptors (Lipinski definition) is 3. The molecule has 0 saturated carbocycles. The van der Waals surface area contributed by atoms with Crippen LogP contribution in [0, 0.1) is 0 Å². The maximum absolute atomic E-state index is 12.1. The molecule has 0 unspecified atom stereocenters. The van der Waals surface area contributed by atoms with Gasteiger partial charge in [-0.15, -0.1) is 0 Å². The summed E-state index contributed by atoms with van der Waals surface area (Å²) < 4.78 is 0. The number of amides is 1. The predicted molar refractivity (Wildman–Crippen MR) is 70.7 cm³/mol. The molecule has 1 heterocycles. The Kier molecular flexibility index (Phi) is 3.14. The molecule has 5 heteroatoms. The molecule has 0 aliphatic heterocycles. The second-order valence-electron chi connectivity index (χ2n) is 3.90. The van der Waals surface area contributed by atoms with Crippen molar-refractivity contribution < 1.29 is 4.79 Å². The quantitative estimate of drug-likeness (QED) is 0.779. The molecule has 0 saturated heterocycles. The van der Waals surface area contributed by atoms with Crippen LogP contribution >= 0.6 is 0 Å². The first-order valence-electron chi connectivity index (χ1n) is 5.40. The van der Waals surface area contributed by atoms with Gasteiger partial charge in [0.25, 0.3) is 5.91 Å². The zero-order chi connectivity index (χ0) is 13.1. The number of carbonyl (C=O) groups is 1. The van der Waals surface area contributed by atoms with E-state index in [0.29, 0.717) is 11.3 Å². The van der Waals surface area contributed by atoms with Gasteiger partial charge in [0.15, 0.2) is 0 Å². The Labute approximate surface area is 104 Å². The van der Waals surface area contributed by atoms with Crippen molar-refractivity contribution in [2.75, 3.05) is 17.7 Å². The van der Waals surface area contributed by atoms with E-state index in [1.165, 1.54) is 23.2 Å². The number of nitrogens with one attached hydrogen (secondary N) is 1.